The summed E-state index contributed by atoms with van der Waals surface area (Å²) in [5.41, 5.74) is 0. The molecular weight excluding hydrogens is 743 g/mol. The molecule has 1 aliphatic rings. The van der Waals surface area contributed by atoms with Gasteiger partial charge < -0.3 is 40.3 Å². The molecule has 1 rings (SSSR count). The molecule has 9 heteroatoms. The summed E-state index contributed by atoms with van der Waals surface area (Å²) in [7, 11) is 0. The van der Waals surface area contributed by atoms with Gasteiger partial charge in [0.15, 0.2) is 6.29 Å². The fourth-order valence-corrected chi connectivity index (χ4v) is 5.94. The van der Waals surface area contributed by atoms with E-state index >= 15 is 0 Å². The molecule has 0 aromatic heterocycles. The number of carbonyl (C=O) groups excluding carboxylic acids is 1. The molecule has 6 N–H and O–H groups in total. The van der Waals surface area contributed by atoms with Crippen molar-refractivity contribution in [2.45, 2.75) is 172 Å². The number of unbranched alkanes of at least 4 members (excludes halogenated alkanes) is 6. The van der Waals surface area contributed by atoms with Crippen molar-refractivity contribution in [3.63, 3.8) is 0 Å². The maximum Gasteiger partial charge on any atom is 0.220 e. The number of rotatable bonds is 34. The van der Waals surface area contributed by atoms with Gasteiger partial charge in [-0.3, -0.25) is 4.79 Å². The van der Waals surface area contributed by atoms with Crippen LogP contribution in [-0.4, -0.2) is 87.5 Å². The zero-order valence-corrected chi connectivity index (χ0v) is 36.2. The average molecular weight is 822 g/mol. The second-order valence-corrected chi connectivity index (χ2v) is 14.7. The number of allylic oxidation sites excluding steroid dienone is 19. The first kappa shape index (κ1) is 53.6. The normalized spacial score (nSPS) is 21.9. The van der Waals surface area contributed by atoms with Gasteiger partial charge in [0.2, 0.25) is 5.91 Å². The Labute approximate surface area is 357 Å². The molecule has 59 heavy (non-hydrogen) atoms. The van der Waals surface area contributed by atoms with Crippen molar-refractivity contribution in [2.24, 2.45) is 0 Å². The molecule has 1 amide bonds. The molecule has 1 aliphatic heterocycles. The molecule has 7 unspecified atom stereocenters. The predicted molar refractivity (Wildman–Crippen MR) is 244 cm³/mol. The smallest absolute Gasteiger partial charge is 0.220 e. The van der Waals surface area contributed by atoms with Crippen molar-refractivity contribution in [3.8, 4) is 0 Å². The van der Waals surface area contributed by atoms with Crippen LogP contribution in [-0.2, 0) is 14.3 Å². The molecule has 0 saturated carbocycles. The number of carbonyl (C=O) groups is 1. The highest BCUT2D eigenvalue weighted by Crippen LogP contribution is 2.22. The monoisotopic (exact) mass is 822 g/mol. The number of ether oxygens (including phenoxy) is 2. The standard InChI is InChI=1S/C50H79NO8/c1-3-5-7-9-11-13-15-17-18-19-20-21-22-23-24-25-26-28-30-32-34-36-38-40-46(54)51-43(42-58-50-49(57)48(56)47(55)45(41-52)59-50)44(53)39-37-35-33-31-29-27-16-14-12-10-8-6-4-2/h5,7,11-14,17-18,20-21,23-24,26,28-29,31-32,34,37,39,43-45,47-50,52-53,55-57H,3-4,6,8-10,15-16,19,22,25,27,30,33,35-36,38,40-42H2,1-2H3,(H,51,54)/b7-5-,13-11-,14-12+,18-17-,21-20-,24-23-,28-26-,31-29+,34-32-,39-37+. The third kappa shape index (κ3) is 29.5. The number of hydrogen-bond donors (Lipinski definition) is 6. The summed E-state index contributed by atoms with van der Waals surface area (Å²) in [6, 6.07) is -0.866. The molecule has 0 aromatic rings. The lowest BCUT2D eigenvalue weighted by molar-refractivity contribution is -0.302. The Bertz CT molecular complexity index is 1320. The van der Waals surface area contributed by atoms with Crippen LogP contribution < -0.4 is 5.32 Å². The maximum atomic E-state index is 12.9. The molecular formula is C50H79NO8. The van der Waals surface area contributed by atoms with E-state index in [0.29, 0.717) is 12.8 Å². The molecule has 0 aromatic carbocycles. The molecule has 7 atom stereocenters. The summed E-state index contributed by atoms with van der Waals surface area (Å²) < 4.78 is 11.1. The van der Waals surface area contributed by atoms with Gasteiger partial charge in [-0.1, -0.05) is 148 Å². The van der Waals surface area contributed by atoms with Crippen LogP contribution in [0.2, 0.25) is 0 Å². The first-order valence-electron chi connectivity index (χ1n) is 22.3. The molecule has 9 nitrogen and oxygen atoms in total. The van der Waals surface area contributed by atoms with Crippen LogP contribution >= 0.6 is 0 Å². The van der Waals surface area contributed by atoms with Crippen molar-refractivity contribution < 1.29 is 39.8 Å². The van der Waals surface area contributed by atoms with E-state index in [9.17, 15) is 30.3 Å². The lowest BCUT2D eigenvalue weighted by Gasteiger charge is -2.40. The van der Waals surface area contributed by atoms with Crippen molar-refractivity contribution in [3.05, 3.63) is 122 Å². The Kier molecular flexibility index (Phi) is 35.2. The maximum absolute atomic E-state index is 12.9. The van der Waals surface area contributed by atoms with Gasteiger partial charge in [-0.05, 0) is 96.3 Å². The quantitative estimate of drug-likeness (QED) is 0.0278. The number of amides is 1. The Morgan fingerprint density at radius 3 is 1.56 bits per heavy atom. The highest BCUT2D eigenvalue weighted by molar-refractivity contribution is 5.76. The van der Waals surface area contributed by atoms with Crippen molar-refractivity contribution in [1.82, 2.24) is 5.32 Å². The molecule has 1 heterocycles. The predicted octanol–water partition coefficient (Wildman–Crippen LogP) is 9.27. The minimum absolute atomic E-state index is 0.238. The number of aliphatic hydroxyl groups is 5. The van der Waals surface area contributed by atoms with E-state index in [4.69, 9.17) is 9.47 Å². The highest BCUT2D eigenvalue weighted by Gasteiger charge is 2.44. The zero-order chi connectivity index (χ0) is 43.0. The minimum Gasteiger partial charge on any atom is -0.394 e. The fraction of sp³-hybridized carbons (Fsp3) is 0.580. The lowest BCUT2D eigenvalue weighted by Crippen LogP contribution is -2.60. The second kappa shape index (κ2) is 38.8. The van der Waals surface area contributed by atoms with Crippen LogP contribution in [0.3, 0.4) is 0 Å². The SMILES string of the molecule is CC/C=C\C/C=C\C/C=C\C/C=C\C/C=C\C/C=C\C/C=C\CCCC(=O)NC(COC1OC(CO)C(O)C(O)C1O)C(O)/C=C/CC/C=C/CC/C=C/CCCCC. The highest BCUT2D eigenvalue weighted by atomic mass is 16.7. The van der Waals surface area contributed by atoms with Gasteiger partial charge in [-0.25, -0.2) is 0 Å². The molecule has 0 spiro atoms. The molecule has 332 valence electrons. The first-order chi connectivity index (χ1) is 28.8. The van der Waals surface area contributed by atoms with Gasteiger partial charge in [0.25, 0.3) is 0 Å². The van der Waals surface area contributed by atoms with Crippen LogP contribution in [0.15, 0.2) is 122 Å². The molecule has 0 radical (unpaired) electrons. The van der Waals surface area contributed by atoms with Crippen LogP contribution in [0, 0.1) is 0 Å². The summed E-state index contributed by atoms with van der Waals surface area (Å²) in [5, 5.41) is 54.0. The van der Waals surface area contributed by atoms with E-state index in [2.05, 4.69) is 129 Å². The summed E-state index contributed by atoms with van der Waals surface area (Å²) >= 11 is 0. The van der Waals surface area contributed by atoms with E-state index in [1.54, 1.807) is 6.08 Å². The molecule has 0 aliphatic carbocycles. The van der Waals surface area contributed by atoms with Gasteiger partial charge in [0.1, 0.15) is 24.4 Å². The Balaban J connectivity index is 2.45. The first-order valence-corrected chi connectivity index (χ1v) is 22.3. The zero-order valence-electron chi connectivity index (χ0n) is 36.2. The van der Waals surface area contributed by atoms with E-state index in [-0.39, 0.29) is 18.9 Å². The lowest BCUT2D eigenvalue weighted by atomic mass is 9.99. The number of hydrogen-bond acceptors (Lipinski definition) is 8. The van der Waals surface area contributed by atoms with Crippen molar-refractivity contribution in [1.29, 1.82) is 0 Å². The van der Waals surface area contributed by atoms with E-state index < -0.39 is 49.5 Å². The minimum atomic E-state index is -1.59. The van der Waals surface area contributed by atoms with Gasteiger partial charge in [0.05, 0.1) is 25.4 Å². The molecule has 1 fully saturated rings. The van der Waals surface area contributed by atoms with Gasteiger partial charge in [-0.2, -0.15) is 0 Å². The van der Waals surface area contributed by atoms with Gasteiger partial charge >= 0.3 is 0 Å². The van der Waals surface area contributed by atoms with Crippen LogP contribution in [0.25, 0.3) is 0 Å². The van der Waals surface area contributed by atoms with E-state index in [1.165, 1.54) is 19.3 Å². The fourth-order valence-electron chi connectivity index (χ4n) is 5.94. The second-order valence-electron chi connectivity index (χ2n) is 14.7. The summed E-state index contributed by atoms with van der Waals surface area (Å²) in [6.07, 6.45) is 51.0. The van der Waals surface area contributed by atoms with E-state index in [1.807, 2.05) is 6.08 Å². The number of nitrogens with one attached hydrogen (secondary N) is 1. The third-order valence-electron chi connectivity index (χ3n) is 9.50. The summed E-state index contributed by atoms with van der Waals surface area (Å²) in [4.78, 5) is 12.9. The van der Waals surface area contributed by atoms with E-state index in [0.717, 1.165) is 77.0 Å². The van der Waals surface area contributed by atoms with Crippen LogP contribution in [0.4, 0.5) is 0 Å². The Morgan fingerprint density at radius 2 is 1.05 bits per heavy atom. The third-order valence-corrected chi connectivity index (χ3v) is 9.50. The topological polar surface area (TPSA) is 149 Å². The van der Waals surface area contributed by atoms with Gasteiger partial charge in [-0.15, -0.1) is 0 Å². The largest absolute Gasteiger partial charge is 0.394 e. The van der Waals surface area contributed by atoms with Crippen molar-refractivity contribution in [2.75, 3.05) is 13.2 Å². The van der Waals surface area contributed by atoms with Crippen LogP contribution in [0.5, 0.6) is 0 Å². The Hall–Kier alpha value is -3.41. The summed E-state index contributed by atoms with van der Waals surface area (Å²) in [6.45, 7) is 3.53. The van der Waals surface area contributed by atoms with Crippen LogP contribution in [0.1, 0.15) is 129 Å². The Morgan fingerprint density at radius 1 is 0.593 bits per heavy atom. The summed E-state index contributed by atoms with van der Waals surface area (Å²) in [5.74, 6) is -0.257. The average Bonchev–Trinajstić information content (AvgIpc) is 3.23. The number of aliphatic hydroxyl groups excluding tert-OH is 5. The molecule has 0 bridgehead atoms. The van der Waals surface area contributed by atoms with Crippen molar-refractivity contribution >= 4 is 5.91 Å². The van der Waals surface area contributed by atoms with Gasteiger partial charge in [0, 0.05) is 6.42 Å². The molecule has 1 saturated heterocycles.